The number of hydrazone groups is 1. The van der Waals surface area contributed by atoms with Crippen molar-refractivity contribution in [2.24, 2.45) is 5.10 Å². The number of hydrogen-bond donors (Lipinski definition) is 2. The molecule has 0 atom stereocenters. The zero-order valence-electron chi connectivity index (χ0n) is 17.8. The molecule has 0 aliphatic carbocycles. The molecule has 1 amide bonds. The molecule has 7 nitrogen and oxygen atoms in total. The molecule has 1 heterocycles. The molecule has 0 aliphatic heterocycles. The van der Waals surface area contributed by atoms with E-state index in [0.717, 1.165) is 22.4 Å². The van der Waals surface area contributed by atoms with E-state index < -0.39 is 5.91 Å². The summed E-state index contributed by atoms with van der Waals surface area (Å²) in [6, 6.07) is 24.0. The van der Waals surface area contributed by atoms with Crippen LogP contribution in [0.3, 0.4) is 0 Å². The van der Waals surface area contributed by atoms with Gasteiger partial charge >= 0.3 is 0 Å². The van der Waals surface area contributed by atoms with E-state index in [4.69, 9.17) is 21.1 Å². The maximum atomic E-state index is 12.3. The summed E-state index contributed by atoms with van der Waals surface area (Å²) in [6.07, 6.45) is 1.55. The number of halogens is 1. The van der Waals surface area contributed by atoms with Gasteiger partial charge in [-0.25, -0.2) is 5.43 Å². The molecule has 0 spiro atoms. The predicted molar refractivity (Wildman–Crippen MR) is 128 cm³/mol. The summed E-state index contributed by atoms with van der Waals surface area (Å²) in [5.74, 6) is 1.07. The minimum absolute atomic E-state index is 0.302. The summed E-state index contributed by atoms with van der Waals surface area (Å²) in [6.45, 7) is 0.378. The predicted octanol–water partition coefficient (Wildman–Crippen LogP) is 5.08. The van der Waals surface area contributed by atoms with Crippen molar-refractivity contribution < 1.29 is 14.3 Å². The van der Waals surface area contributed by atoms with E-state index in [1.807, 2.05) is 72.8 Å². The van der Waals surface area contributed by atoms with Crippen LogP contribution in [0.15, 0.2) is 84.0 Å². The van der Waals surface area contributed by atoms with E-state index in [2.05, 4.69) is 20.7 Å². The molecule has 8 heteroatoms. The Kier molecular flexibility index (Phi) is 7.02. The molecular weight excluding hydrogens is 440 g/mol. The summed E-state index contributed by atoms with van der Waals surface area (Å²) in [4.78, 5) is 12.3. The quantitative estimate of drug-likeness (QED) is 0.283. The van der Waals surface area contributed by atoms with Gasteiger partial charge in [0.2, 0.25) is 0 Å². The molecule has 0 radical (unpaired) electrons. The number of carbonyl (C=O) groups is 1. The summed E-state index contributed by atoms with van der Waals surface area (Å²) < 4.78 is 10.9. The summed E-state index contributed by atoms with van der Waals surface area (Å²) in [5, 5.41) is 11.6. The number of aromatic nitrogens is 2. The Hall–Kier alpha value is -4.10. The molecule has 166 valence electrons. The highest BCUT2D eigenvalue weighted by Gasteiger charge is 2.11. The normalized spacial score (nSPS) is 10.8. The van der Waals surface area contributed by atoms with E-state index >= 15 is 0 Å². The Morgan fingerprint density at radius 3 is 2.52 bits per heavy atom. The van der Waals surface area contributed by atoms with Crippen LogP contribution in [0, 0.1) is 0 Å². The van der Waals surface area contributed by atoms with Crippen molar-refractivity contribution >= 4 is 23.7 Å². The fourth-order valence-corrected chi connectivity index (χ4v) is 3.19. The van der Waals surface area contributed by atoms with Crippen LogP contribution in [0.4, 0.5) is 0 Å². The average Bonchev–Trinajstić information content (AvgIpc) is 3.35. The highest BCUT2D eigenvalue weighted by atomic mass is 35.5. The molecule has 0 fully saturated rings. The largest absolute Gasteiger partial charge is 0.497 e. The number of methoxy groups -OCH3 is 1. The second-order valence-corrected chi connectivity index (χ2v) is 7.45. The van der Waals surface area contributed by atoms with Crippen LogP contribution in [0.5, 0.6) is 11.5 Å². The first kappa shape index (κ1) is 22.1. The second-order valence-electron chi connectivity index (χ2n) is 7.04. The summed E-state index contributed by atoms with van der Waals surface area (Å²) in [7, 11) is 1.60. The molecule has 3 aromatic carbocycles. The summed E-state index contributed by atoms with van der Waals surface area (Å²) >= 11 is 6.16. The SMILES string of the molecule is COc1ccc(/C=N\NC(=O)c2cc(-c3ccc(OCc4ccccc4Cl)cc3)n[nH]2)cc1. The van der Waals surface area contributed by atoms with Crippen molar-refractivity contribution in [3.05, 3.63) is 101 Å². The van der Waals surface area contributed by atoms with Gasteiger partial charge in [0, 0.05) is 16.1 Å². The number of hydrogen-bond acceptors (Lipinski definition) is 5. The van der Waals surface area contributed by atoms with Gasteiger partial charge < -0.3 is 9.47 Å². The zero-order chi connectivity index (χ0) is 23.0. The first-order chi connectivity index (χ1) is 16.1. The third-order valence-corrected chi connectivity index (χ3v) is 5.19. The first-order valence-electron chi connectivity index (χ1n) is 10.1. The molecular formula is C25H21ClN4O3. The maximum absolute atomic E-state index is 12.3. The topological polar surface area (TPSA) is 88.6 Å². The zero-order valence-corrected chi connectivity index (χ0v) is 18.5. The van der Waals surface area contributed by atoms with Crippen molar-refractivity contribution in [1.29, 1.82) is 0 Å². The fourth-order valence-electron chi connectivity index (χ4n) is 3.00. The van der Waals surface area contributed by atoms with E-state index in [9.17, 15) is 4.79 Å². The molecule has 2 N–H and O–H groups in total. The number of nitrogens with one attached hydrogen (secondary N) is 2. The van der Waals surface area contributed by atoms with Crippen LogP contribution >= 0.6 is 11.6 Å². The van der Waals surface area contributed by atoms with Gasteiger partial charge in [0.15, 0.2) is 0 Å². The number of ether oxygens (including phenoxy) is 2. The number of H-pyrrole nitrogens is 1. The lowest BCUT2D eigenvalue weighted by Gasteiger charge is -2.08. The minimum Gasteiger partial charge on any atom is -0.497 e. The molecule has 0 unspecified atom stereocenters. The lowest BCUT2D eigenvalue weighted by molar-refractivity contribution is 0.0950. The lowest BCUT2D eigenvalue weighted by Crippen LogP contribution is -2.17. The van der Waals surface area contributed by atoms with E-state index in [-0.39, 0.29) is 0 Å². The third kappa shape index (κ3) is 5.78. The second kappa shape index (κ2) is 10.5. The van der Waals surface area contributed by atoms with Gasteiger partial charge in [0.05, 0.1) is 19.0 Å². The monoisotopic (exact) mass is 460 g/mol. The number of aromatic amines is 1. The Morgan fingerprint density at radius 2 is 1.79 bits per heavy atom. The highest BCUT2D eigenvalue weighted by Crippen LogP contribution is 2.23. The van der Waals surface area contributed by atoms with Crippen molar-refractivity contribution in [1.82, 2.24) is 15.6 Å². The van der Waals surface area contributed by atoms with Crippen LogP contribution in [0.2, 0.25) is 5.02 Å². The van der Waals surface area contributed by atoms with Gasteiger partial charge in [-0.2, -0.15) is 10.2 Å². The van der Waals surface area contributed by atoms with Gasteiger partial charge in [0.25, 0.3) is 5.91 Å². The van der Waals surface area contributed by atoms with Gasteiger partial charge in [-0.05, 0) is 66.2 Å². The first-order valence-corrected chi connectivity index (χ1v) is 10.5. The molecule has 33 heavy (non-hydrogen) atoms. The number of amides is 1. The molecule has 0 saturated heterocycles. The number of carbonyl (C=O) groups excluding carboxylic acids is 1. The van der Waals surface area contributed by atoms with Crippen LogP contribution in [-0.4, -0.2) is 29.4 Å². The van der Waals surface area contributed by atoms with Crippen LogP contribution in [0.25, 0.3) is 11.3 Å². The summed E-state index contributed by atoms with van der Waals surface area (Å²) in [5.41, 5.74) is 6.02. The number of nitrogens with zero attached hydrogens (tertiary/aromatic N) is 2. The average molecular weight is 461 g/mol. The Bertz CT molecular complexity index is 1250. The van der Waals surface area contributed by atoms with Gasteiger partial charge in [0.1, 0.15) is 23.8 Å². The van der Waals surface area contributed by atoms with E-state index in [1.165, 1.54) is 0 Å². The Balaban J connectivity index is 1.33. The molecule has 1 aromatic heterocycles. The molecule has 0 aliphatic rings. The van der Waals surface area contributed by atoms with E-state index in [1.54, 1.807) is 19.4 Å². The van der Waals surface area contributed by atoms with Crippen LogP contribution in [0.1, 0.15) is 21.6 Å². The van der Waals surface area contributed by atoms with Crippen LogP contribution in [-0.2, 0) is 6.61 Å². The Morgan fingerprint density at radius 1 is 1.06 bits per heavy atom. The Labute approximate surface area is 196 Å². The maximum Gasteiger partial charge on any atom is 0.289 e. The minimum atomic E-state index is -0.391. The fraction of sp³-hybridized carbons (Fsp3) is 0.0800. The molecule has 0 saturated carbocycles. The van der Waals surface area contributed by atoms with Crippen molar-refractivity contribution in [3.63, 3.8) is 0 Å². The molecule has 0 bridgehead atoms. The van der Waals surface area contributed by atoms with E-state index in [0.29, 0.717) is 28.8 Å². The third-order valence-electron chi connectivity index (χ3n) is 4.82. The smallest absolute Gasteiger partial charge is 0.289 e. The van der Waals surface area contributed by atoms with Crippen molar-refractivity contribution in [3.8, 4) is 22.8 Å². The van der Waals surface area contributed by atoms with Gasteiger partial charge in [-0.1, -0.05) is 29.8 Å². The van der Waals surface area contributed by atoms with Crippen molar-refractivity contribution in [2.75, 3.05) is 7.11 Å². The number of benzene rings is 3. The molecule has 4 rings (SSSR count). The number of rotatable bonds is 8. The lowest BCUT2D eigenvalue weighted by atomic mass is 10.1. The van der Waals surface area contributed by atoms with Crippen molar-refractivity contribution in [2.45, 2.75) is 6.61 Å². The molecule has 4 aromatic rings. The van der Waals surface area contributed by atoms with Crippen LogP contribution < -0.4 is 14.9 Å². The van der Waals surface area contributed by atoms with Gasteiger partial charge in [-0.15, -0.1) is 0 Å². The standard InChI is InChI=1S/C25H21ClN4O3/c1-32-20-10-6-17(7-11-20)15-27-30-25(31)24-14-23(28-29-24)18-8-12-21(13-9-18)33-16-19-4-2-3-5-22(19)26/h2-15H,16H2,1H3,(H,28,29)(H,30,31)/b27-15-. The highest BCUT2D eigenvalue weighted by molar-refractivity contribution is 6.31. The van der Waals surface area contributed by atoms with Gasteiger partial charge in [-0.3, -0.25) is 9.89 Å².